The lowest BCUT2D eigenvalue weighted by molar-refractivity contribution is -0.218. The second-order valence-corrected chi connectivity index (χ2v) is 7.56. The molecule has 0 amide bonds. The van der Waals surface area contributed by atoms with Crippen LogP contribution in [-0.4, -0.2) is 57.0 Å². The van der Waals surface area contributed by atoms with Crippen molar-refractivity contribution in [1.82, 2.24) is 9.55 Å². The van der Waals surface area contributed by atoms with Gasteiger partial charge in [0.15, 0.2) is 12.8 Å². The zero-order chi connectivity index (χ0) is 21.2. The minimum Gasteiger partial charge on any atom is -0.477 e. The number of aliphatic hydroxyl groups excluding tert-OH is 2. The molecule has 1 saturated carbocycles. The van der Waals surface area contributed by atoms with Gasteiger partial charge < -0.3 is 24.4 Å². The number of hydrogen-bond donors (Lipinski definition) is 2. The highest BCUT2D eigenvalue weighted by molar-refractivity contribution is 5.72. The Kier molecular flexibility index (Phi) is 6.55. The molecule has 29 heavy (non-hydrogen) atoms. The van der Waals surface area contributed by atoms with Crippen molar-refractivity contribution in [2.24, 2.45) is 11.8 Å². The first-order chi connectivity index (χ1) is 13.8. The summed E-state index contributed by atoms with van der Waals surface area (Å²) in [6, 6.07) is 1.40. The number of carbonyl (C=O) groups excluding carboxylic acids is 1. The number of carbonyl (C=O) groups is 1. The van der Waals surface area contributed by atoms with Gasteiger partial charge in [0.1, 0.15) is 12.2 Å². The molecule has 2 fully saturated rings. The van der Waals surface area contributed by atoms with Gasteiger partial charge in [-0.1, -0.05) is 13.8 Å². The van der Waals surface area contributed by atoms with E-state index in [0.717, 1.165) is 17.4 Å². The Morgan fingerprint density at radius 1 is 1.41 bits per heavy atom. The highest BCUT2D eigenvalue weighted by atomic mass is 19.2. The molecule has 162 valence electrons. The fraction of sp³-hybridized carbons (Fsp3) is 0.737. The Hall–Kier alpha value is -2.04. The van der Waals surface area contributed by atoms with Gasteiger partial charge >= 0.3 is 11.7 Å². The molecule has 0 bridgehead atoms. The zero-order valence-electron chi connectivity index (χ0n) is 16.5. The van der Waals surface area contributed by atoms with Gasteiger partial charge in [-0.05, 0) is 31.6 Å². The van der Waals surface area contributed by atoms with Crippen LogP contribution in [0.2, 0.25) is 0 Å². The third-order valence-electron chi connectivity index (χ3n) is 5.35. The Labute approximate surface area is 167 Å². The van der Waals surface area contributed by atoms with Crippen LogP contribution in [0, 0.1) is 11.8 Å². The number of aliphatic hydroxyl groups is 2. The number of hydrogen-bond acceptors (Lipinski definition) is 8. The molecule has 1 aliphatic carbocycles. The Morgan fingerprint density at radius 3 is 2.69 bits per heavy atom. The van der Waals surface area contributed by atoms with E-state index in [0.29, 0.717) is 25.4 Å². The first-order valence-electron chi connectivity index (χ1n) is 9.90. The first kappa shape index (κ1) is 21.7. The maximum Gasteiger partial charge on any atom is 0.353 e. The summed E-state index contributed by atoms with van der Waals surface area (Å²) in [6.45, 7) is 3.17. The molecule has 1 aromatic heterocycles. The van der Waals surface area contributed by atoms with Crippen LogP contribution in [0.25, 0.3) is 0 Å². The van der Waals surface area contributed by atoms with Gasteiger partial charge in [0.2, 0.25) is 5.88 Å². The van der Waals surface area contributed by atoms with Crippen molar-refractivity contribution in [3.8, 4) is 5.88 Å². The van der Waals surface area contributed by atoms with E-state index < -0.39 is 48.5 Å². The van der Waals surface area contributed by atoms with Crippen molar-refractivity contribution in [3.63, 3.8) is 0 Å². The summed E-state index contributed by atoms with van der Waals surface area (Å²) in [5.41, 5.74) is -0.826. The molecule has 0 radical (unpaired) electrons. The van der Waals surface area contributed by atoms with E-state index in [1.165, 1.54) is 12.3 Å². The monoisotopic (exact) mass is 414 g/mol. The third kappa shape index (κ3) is 4.76. The minimum absolute atomic E-state index is 0.122. The molecule has 1 aromatic rings. The SMILES string of the molecule is CCC(CC)C(=O)OC[C@@]1(F)O[C@@H](n2ccc(OCC3CC3)nc2=O)[C@H](O)[C@@H]1O. The molecule has 0 aromatic carbocycles. The number of nitrogens with zero attached hydrogens (tertiary/aromatic N) is 2. The summed E-state index contributed by atoms with van der Waals surface area (Å²) in [6.07, 6.45) is -0.836. The predicted octanol–water partition coefficient (Wildman–Crippen LogP) is 0.928. The molecular weight excluding hydrogens is 387 g/mol. The van der Waals surface area contributed by atoms with Crippen molar-refractivity contribution in [2.75, 3.05) is 13.2 Å². The minimum atomic E-state index is -2.85. The largest absolute Gasteiger partial charge is 0.477 e. The second-order valence-electron chi connectivity index (χ2n) is 7.56. The van der Waals surface area contributed by atoms with Gasteiger partial charge in [-0.2, -0.15) is 4.98 Å². The van der Waals surface area contributed by atoms with Gasteiger partial charge in [-0.3, -0.25) is 9.36 Å². The van der Waals surface area contributed by atoms with Crippen molar-refractivity contribution in [1.29, 1.82) is 0 Å². The summed E-state index contributed by atoms with van der Waals surface area (Å²) in [5, 5.41) is 20.3. The summed E-state index contributed by atoms with van der Waals surface area (Å²) in [4.78, 5) is 28.0. The van der Waals surface area contributed by atoms with Gasteiger partial charge in [0, 0.05) is 12.3 Å². The van der Waals surface area contributed by atoms with E-state index in [1.807, 2.05) is 0 Å². The number of halogens is 1. The average Bonchev–Trinajstić information content (AvgIpc) is 3.50. The third-order valence-corrected chi connectivity index (χ3v) is 5.35. The molecule has 0 spiro atoms. The standard InChI is InChI=1S/C19H27FN2O7/c1-3-12(4-2)17(25)28-10-19(20)15(24)14(23)16(29-19)22-8-7-13(21-18(22)26)27-9-11-5-6-11/h7-8,11-12,14-16,23-24H,3-6,9-10H2,1-2H3/t14-,15+,16-,19-/m1/s1. The fourth-order valence-electron chi connectivity index (χ4n) is 3.16. The average molecular weight is 414 g/mol. The molecule has 1 saturated heterocycles. The van der Waals surface area contributed by atoms with Crippen LogP contribution in [-0.2, 0) is 14.3 Å². The molecule has 4 atom stereocenters. The fourth-order valence-corrected chi connectivity index (χ4v) is 3.16. The number of esters is 1. The quantitative estimate of drug-likeness (QED) is 0.573. The van der Waals surface area contributed by atoms with E-state index in [2.05, 4.69) is 4.98 Å². The highest BCUT2D eigenvalue weighted by Crippen LogP contribution is 2.38. The molecule has 9 nitrogen and oxygen atoms in total. The Bertz CT molecular complexity index is 780. The Morgan fingerprint density at radius 2 is 2.10 bits per heavy atom. The number of ether oxygens (including phenoxy) is 3. The van der Waals surface area contributed by atoms with Crippen molar-refractivity contribution in [2.45, 2.75) is 63.8 Å². The van der Waals surface area contributed by atoms with Crippen molar-refractivity contribution >= 4 is 5.97 Å². The lowest BCUT2D eigenvalue weighted by Gasteiger charge is -2.23. The van der Waals surface area contributed by atoms with Gasteiger partial charge in [0.25, 0.3) is 5.85 Å². The molecule has 10 heteroatoms. The van der Waals surface area contributed by atoms with E-state index in [1.54, 1.807) is 13.8 Å². The summed E-state index contributed by atoms with van der Waals surface area (Å²) in [5.74, 6) is -3.27. The Balaban J connectivity index is 1.68. The topological polar surface area (TPSA) is 120 Å². The normalized spacial score (nSPS) is 29.2. The summed E-state index contributed by atoms with van der Waals surface area (Å²) in [7, 11) is 0. The predicted molar refractivity (Wildman–Crippen MR) is 97.7 cm³/mol. The van der Waals surface area contributed by atoms with Crippen LogP contribution < -0.4 is 10.4 Å². The van der Waals surface area contributed by atoms with E-state index >= 15 is 4.39 Å². The molecular formula is C19H27FN2O7. The molecule has 0 unspecified atom stereocenters. The molecule has 1 aliphatic heterocycles. The van der Waals surface area contributed by atoms with Crippen LogP contribution in [0.15, 0.2) is 17.1 Å². The van der Waals surface area contributed by atoms with Crippen LogP contribution in [0.5, 0.6) is 5.88 Å². The van der Waals surface area contributed by atoms with Crippen LogP contribution in [0.4, 0.5) is 4.39 Å². The van der Waals surface area contributed by atoms with Crippen molar-refractivity contribution in [3.05, 3.63) is 22.7 Å². The highest BCUT2D eigenvalue weighted by Gasteiger charge is 2.57. The summed E-state index contributed by atoms with van der Waals surface area (Å²) < 4.78 is 31.4. The van der Waals surface area contributed by atoms with Crippen LogP contribution in [0.1, 0.15) is 45.8 Å². The van der Waals surface area contributed by atoms with E-state index in [9.17, 15) is 19.8 Å². The second kappa shape index (κ2) is 8.76. The van der Waals surface area contributed by atoms with Crippen molar-refractivity contribution < 1.29 is 33.6 Å². The van der Waals surface area contributed by atoms with Gasteiger partial charge in [0.05, 0.1) is 12.5 Å². The van der Waals surface area contributed by atoms with E-state index in [4.69, 9.17) is 14.2 Å². The van der Waals surface area contributed by atoms with Gasteiger partial charge in [-0.25, -0.2) is 9.18 Å². The van der Waals surface area contributed by atoms with Crippen LogP contribution in [0.3, 0.4) is 0 Å². The summed E-state index contributed by atoms with van der Waals surface area (Å²) >= 11 is 0. The smallest absolute Gasteiger partial charge is 0.353 e. The maximum atomic E-state index is 15.1. The molecule has 3 rings (SSSR count). The van der Waals surface area contributed by atoms with Crippen LogP contribution >= 0.6 is 0 Å². The number of rotatable bonds is 9. The first-order valence-corrected chi connectivity index (χ1v) is 9.90. The lowest BCUT2D eigenvalue weighted by Crippen LogP contribution is -2.44. The maximum absolute atomic E-state index is 15.1. The lowest BCUT2D eigenvalue weighted by atomic mass is 10.0. The molecule has 2 aliphatic rings. The number of aromatic nitrogens is 2. The van der Waals surface area contributed by atoms with E-state index in [-0.39, 0.29) is 5.88 Å². The zero-order valence-corrected chi connectivity index (χ0v) is 16.5. The molecule has 2 heterocycles. The van der Waals surface area contributed by atoms with Gasteiger partial charge in [-0.15, -0.1) is 0 Å². The number of alkyl halides is 1. The molecule has 2 N–H and O–H groups in total.